The molecule has 4 heterocycles. The molecule has 1 aliphatic carbocycles. The summed E-state index contributed by atoms with van der Waals surface area (Å²) >= 11 is 0. The van der Waals surface area contributed by atoms with Gasteiger partial charge in [0.1, 0.15) is 17.3 Å². The second-order valence-electron chi connectivity index (χ2n) is 8.78. The third-order valence-corrected chi connectivity index (χ3v) is 6.71. The van der Waals surface area contributed by atoms with Crippen LogP contribution in [0.1, 0.15) is 41.7 Å². The molecule has 2 aromatic rings. The maximum atomic E-state index is 12.7. The van der Waals surface area contributed by atoms with E-state index < -0.39 is 5.56 Å². The lowest BCUT2D eigenvalue weighted by atomic mass is 9.92. The second-order valence-corrected chi connectivity index (χ2v) is 8.78. The minimum Gasteiger partial charge on any atom is -0.370 e. The Labute approximate surface area is 168 Å². The summed E-state index contributed by atoms with van der Waals surface area (Å²) in [5.74, 6) is -0.226. The van der Waals surface area contributed by atoms with E-state index in [4.69, 9.17) is 0 Å². The Kier molecular flexibility index (Phi) is 4.10. The number of carbonyl (C=O) groups excluding carboxylic acids is 1. The Morgan fingerprint density at radius 3 is 2.66 bits per heavy atom. The van der Waals surface area contributed by atoms with Crippen molar-refractivity contribution in [3.63, 3.8) is 0 Å². The summed E-state index contributed by atoms with van der Waals surface area (Å²) in [5, 5.41) is 13.4. The molecule has 1 amide bonds. The van der Waals surface area contributed by atoms with E-state index in [2.05, 4.69) is 31.2 Å². The van der Waals surface area contributed by atoms with Crippen molar-refractivity contribution >= 4 is 22.5 Å². The van der Waals surface area contributed by atoms with Gasteiger partial charge >= 0.3 is 0 Å². The molecule has 0 bridgehead atoms. The quantitative estimate of drug-likeness (QED) is 0.814. The van der Waals surface area contributed by atoms with Crippen molar-refractivity contribution in [1.82, 2.24) is 20.2 Å². The van der Waals surface area contributed by atoms with Crippen molar-refractivity contribution in [3.05, 3.63) is 33.9 Å². The first kappa shape index (κ1) is 18.1. The van der Waals surface area contributed by atoms with Crippen LogP contribution >= 0.6 is 0 Å². The van der Waals surface area contributed by atoms with Crippen molar-refractivity contribution in [1.29, 1.82) is 5.26 Å². The standard InChI is InChI=1S/C21H24N6O2/c1-26-11-13(12-26)24-20(29)16-8-14-17(10-23-16)25-19(28)15(9-22)18(14)27-6-4-21(2-3-21)5-7-27/h8,10,13H,2-7,11-12H2,1H3,(H,24,29)(H,25,28). The van der Waals surface area contributed by atoms with Gasteiger partial charge in [0.15, 0.2) is 0 Å². The smallest absolute Gasteiger partial charge is 0.270 e. The highest BCUT2D eigenvalue weighted by Gasteiger charge is 2.44. The van der Waals surface area contributed by atoms with Gasteiger partial charge in [0.25, 0.3) is 11.5 Å². The average molecular weight is 392 g/mol. The monoisotopic (exact) mass is 392 g/mol. The van der Waals surface area contributed by atoms with Crippen LogP contribution in [0.4, 0.5) is 5.69 Å². The summed E-state index contributed by atoms with van der Waals surface area (Å²) in [6.45, 7) is 3.30. The third-order valence-electron chi connectivity index (χ3n) is 6.71. The zero-order chi connectivity index (χ0) is 20.2. The van der Waals surface area contributed by atoms with E-state index in [0.717, 1.165) is 39.0 Å². The zero-order valence-corrected chi connectivity index (χ0v) is 16.5. The number of nitriles is 1. The minimum absolute atomic E-state index is 0.113. The lowest BCUT2D eigenvalue weighted by molar-refractivity contribution is 0.0853. The van der Waals surface area contributed by atoms with E-state index in [1.807, 2.05) is 7.05 Å². The van der Waals surface area contributed by atoms with Crippen molar-refractivity contribution in [2.75, 3.05) is 38.1 Å². The number of nitrogens with zero attached hydrogens (tertiary/aromatic N) is 4. The molecule has 3 aliphatic rings. The fraction of sp³-hybridized carbons (Fsp3) is 0.524. The fourth-order valence-electron chi connectivity index (χ4n) is 4.67. The van der Waals surface area contributed by atoms with Gasteiger partial charge in [-0.15, -0.1) is 0 Å². The number of rotatable bonds is 3. The van der Waals surface area contributed by atoms with Gasteiger partial charge in [-0.2, -0.15) is 5.26 Å². The molecule has 2 saturated heterocycles. The van der Waals surface area contributed by atoms with E-state index in [-0.39, 0.29) is 17.5 Å². The van der Waals surface area contributed by atoms with Crippen molar-refractivity contribution in [2.24, 2.45) is 5.41 Å². The van der Waals surface area contributed by atoms with Crippen LogP contribution in [-0.4, -0.2) is 60.0 Å². The molecule has 8 nitrogen and oxygen atoms in total. The highest BCUT2D eigenvalue weighted by Crippen LogP contribution is 2.54. The molecule has 29 heavy (non-hydrogen) atoms. The van der Waals surface area contributed by atoms with Crippen LogP contribution in [0.15, 0.2) is 17.1 Å². The first-order valence-corrected chi connectivity index (χ1v) is 10.2. The molecule has 5 rings (SSSR count). The summed E-state index contributed by atoms with van der Waals surface area (Å²) in [6.07, 6.45) is 6.26. The number of hydrogen-bond acceptors (Lipinski definition) is 6. The number of pyridine rings is 2. The lowest BCUT2D eigenvalue weighted by Gasteiger charge is -2.36. The first-order chi connectivity index (χ1) is 14.0. The molecule has 3 fully saturated rings. The summed E-state index contributed by atoms with van der Waals surface area (Å²) in [5.41, 5.74) is 1.70. The Morgan fingerprint density at radius 2 is 2.03 bits per heavy atom. The SMILES string of the molecule is CN1CC(NC(=O)c2cc3c(N4CCC5(CC4)CC5)c(C#N)c(=O)[nH]c3cn2)C1. The molecular formula is C21H24N6O2. The maximum absolute atomic E-state index is 12.7. The molecule has 2 aromatic heterocycles. The number of H-pyrrole nitrogens is 1. The van der Waals surface area contributed by atoms with Gasteiger partial charge in [-0.3, -0.25) is 9.59 Å². The normalized spacial score (nSPS) is 21.0. The number of likely N-dealkylation sites (tertiary alicyclic amines) is 1. The Hall–Kier alpha value is -2.92. The third kappa shape index (κ3) is 3.15. The Bertz CT molecular complexity index is 1080. The molecule has 1 saturated carbocycles. The summed E-state index contributed by atoms with van der Waals surface area (Å²) < 4.78 is 0. The van der Waals surface area contributed by atoms with Crippen molar-refractivity contribution in [3.8, 4) is 6.07 Å². The van der Waals surface area contributed by atoms with Gasteiger partial charge in [0.05, 0.1) is 23.4 Å². The van der Waals surface area contributed by atoms with Crippen LogP contribution < -0.4 is 15.8 Å². The molecule has 2 N–H and O–H groups in total. The number of nitrogens with one attached hydrogen (secondary N) is 2. The van der Waals surface area contributed by atoms with Crippen LogP contribution in [0.5, 0.6) is 0 Å². The Balaban J connectivity index is 1.53. The van der Waals surface area contributed by atoms with Gasteiger partial charge in [-0.25, -0.2) is 4.98 Å². The number of amides is 1. The maximum Gasteiger partial charge on any atom is 0.270 e. The van der Waals surface area contributed by atoms with Crippen LogP contribution in [0, 0.1) is 16.7 Å². The molecule has 1 spiro atoms. The van der Waals surface area contributed by atoms with E-state index in [1.165, 1.54) is 19.0 Å². The highest BCUT2D eigenvalue weighted by molar-refractivity contribution is 6.00. The van der Waals surface area contributed by atoms with Crippen molar-refractivity contribution in [2.45, 2.75) is 31.7 Å². The number of hydrogen-bond donors (Lipinski definition) is 2. The average Bonchev–Trinajstić information content (AvgIpc) is 3.45. The number of likely N-dealkylation sites (N-methyl/N-ethyl adjacent to an activating group) is 1. The number of carbonyl (C=O) groups is 1. The molecule has 0 aromatic carbocycles. The van der Waals surface area contributed by atoms with Gasteiger partial charge in [0, 0.05) is 31.6 Å². The largest absolute Gasteiger partial charge is 0.370 e. The van der Waals surface area contributed by atoms with Crippen LogP contribution in [-0.2, 0) is 0 Å². The van der Waals surface area contributed by atoms with Gasteiger partial charge in [-0.1, -0.05) is 0 Å². The van der Waals surface area contributed by atoms with Gasteiger partial charge in [0.2, 0.25) is 0 Å². The lowest BCUT2D eigenvalue weighted by Crippen LogP contribution is -2.57. The summed E-state index contributed by atoms with van der Waals surface area (Å²) in [7, 11) is 2.01. The molecular weight excluding hydrogens is 368 g/mol. The highest BCUT2D eigenvalue weighted by atomic mass is 16.2. The van der Waals surface area contributed by atoms with Crippen LogP contribution in [0.3, 0.4) is 0 Å². The van der Waals surface area contributed by atoms with E-state index in [1.54, 1.807) is 6.07 Å². The number of piperidine rings is 1. The van der Waals surface area contributed by atoms with Crippen LogP contribution in [0.25, 0.3) is 10.9 Å². The zero-order valence-electron chi connectivity index (χ0n) is 16.5. The second kappa shape index (κ2) is 6.56. The molecule has 0 atom stereocenters. The number of aromatic amines is 1. The van der Waals surface area contributed by atoms with Gasteiger partial charge in [-0.05, 0) is 44.2 Å². The molecule has 0 unspecified atom stereocenters. The molecule has 2 aliphatic heterocycles. The van der Waals surface area contributed by atoms with E-state index in [9.17, 15) is 14.9 Å². The molecule has 150 valence electrons. The fourth-order valence-corrected chi connectivity index (χ4v) is 4.67. The number of anilines is 1. The predicted molar refractivity (Wildman–Crippen MR) is 109 cm³/mol. The van der Waals surface area contributed by atoms with Crippen molar-refractivity contribution < 1.29 is 4.79 Å². The van der Waals surface area contributed by atoms with Gasteiger partial charge < -0.3 is 20.1 Å². The summed E-state index contributed by atoms with van der Waals surface area (Å²) in [4.78, 5) is 36.4. The van der Waals surface area contributed by atoms with E-state index in [0.29, 0.717) is 27.7 Å². The number of fused-ring (bicyclic) bond motifs is 1. The topological polar surface area (TPSA) is 105 Å². The summed E-state index contributed by atoms with van der Waals surface area (Å²) in [6, 6.07) is 3.92. The van der Waals surface area contributed by atoms with Crippen LogP contribution in [0.2, 0.25) is 0 Å². The number of aromatic nitrogens is 2. The van der Waals surface area contributed by atoms with E-state index >= 15 is 0 Å². The molecule has 0 radical (unpaired) electrons. The minimum atomic E-state index is -0.404. The molecule has 8 heteroatoms. The predicted octanol–water partition coefficient (Wildman–Crippen LogP) is 1.22. The Morgan fingerprint density at radius 1 is 1.31 bits per heavy atom. The first-order valence-electron chi connectivity index (χ1n) is 10.2.